The first-order valence-corrected chi connectivity index (χ1v) is 6.25. The predicted molar refractivity (Wildman–Crippen MR) is 65.7 cm³/mol. The third kappa shape index (κ3) is 2.03. The fraction of sp³-hybridized carbons (Fsp3) is 0.100. The Kier molecular flexibility index (Phi) is 3.02. The fourth-order valence-electron chi connectivity index (χ4n) is 1.30. The van der Waals surface area contributed by atoms with Gasteiger partial charge in [0.25, 0.3) is 0 Å². The smallest absolute Gasteiger partial charge is 0.159 e. The molecule has 0 fully saturated rings. The minimum absolute atomic E-state index is 0.103. The number of anilines is 1. The van der Waals surface area contributed by atoms with Crippen LogP contribution in [0.1, 0.15) is 0 Å². The summed E-state index contributed by atoms with van der Waals surface area (Å²) in [5.74, 6) is -0.209. The van der Waals surface area contributed by atoms with E-state index in [1.54, 1.807) is 17.8 Å². The molecule has 1 aromatic carbocycles. The Balaban J connectivity index is 2.29. The van der Waals surface area contributed by atoms with Gasteiger partial charge in [-0.1, -0.05) is 11.8 Å². The van der Waals surface area contributed by atoms with Gasteiger partial charge < -0.3 is 15.1 Å². The van der Waals surface area contributed by atoms with Crippen LogP contribution in [0.25, 0.3) is 0 Å². The highest BCUT2D eigenvalue weighted by Gasteiger charge is 2.20. The molecular formula is C10H10NO2S2. The highest BCUT2D eigenvalue weighted by molar-refractivity contribution is 8.19. The van der Waals surface area contributed by atoms with E-state index in [4.69, 9.17) is 0 Å². The van der Waals surface area contributed by atoms with Crippen molar-refractivity contribution in [3.8, 4) is 11.5 Å². The van der Waals surface area contributed by atoms with Gasteiger partial charge >= 0.3 is 0 Å². The molecule has 0 aromatic heterocycles. The van der Waals surface area contributed by atoms with Gasteiger partial charge in [-0.3, -0.25) is 0 Å². The molecule has 0 amide bonds. The fourth-order valence-corrected chi connectivity index (χ4v) is 2.82. The topological polar surface area (TPSA) is 43.7 Å². The number of rotatable bonds is 2. The molecule has 1 aromatic rings. The van der Waals surface area contributed by atoms with Crippen molar-refractivity contribution in [2.45, 2.75) is 4.71 Å². The average Bonchev–Trinajstić information content (AvgIpc) is 2.70. The highest BCUT2D eigenvalue weighted by Crippen LogP contribution is 2.39. The zero-order valence-corrected chi connectivity index (χ0v) is 9.46. The maximum Gasteiger partial charge on any atom is 0.159 e. The zero-order chi connectivity index (χ0) is 10.8. The molecule has 5 heteroatoms. The lowest BCUT2D eigenvalue weighted by Gasteiger charge is -2.23. The van der Waals surface area contributed by atoms with Crippen molar-refractivity contribution in [3.05, 3.63) is 36.1 Å². The van der Waals surface area contributed by atoms with E-state index >= 15 is 0 Å². The molecular weight excluding hydrogens is 230 g/mol. The summed E-state index contributed by atoms with van der Waals surface area (Å²) in [6.45, 7) is 0. The summed E-state index contributed by atoms with van der Waals surface area (Å²) in [7, 11) is 0. The molecule has 79 valence electrons. The van der Waals surface area contributed by atoms with Crippen molar-refractivity contribution >= 4 is 29.2 Å². The van der Waals surface area contributed by atoms with E-state index in [-0.39, 0.29) is 16.2 Å². The van der Waals surface area contributed by atoms with Crippen LogP contribution in [-0.2, 0) is 0 Å². The molecule has 0 spiro atoms. The molecule has 0 saturated heterocycles. The first kappa shape index (κ1) is 10.6. The van der Waals surface area contributed by atoms with Crippen molar-refractivity contribution in [2.24, 2.45) is 0 Å². The van der Waals surface area contributed by atoms with Crippen molar-refractivity contribution in [1.82, 2.24) is 0 Å². The largest absolute Gasteiger partial charge is 0.504 e. The SMILES string of the molecule is [CH2]SC1SC=CN1c1ccc(O)c(O)c1. The van der Waals surface area contributed by atoms with E-state index in [0.717, 1.165) is 5.69 Å². The van der Waals surface area contributed by atoms with Crippen LogP contribution in [0.5, 0.6) is 11.5 Å². The Bertz CT molecular complexity index is 395. The number of benzene rings is 1. The van der Waals surface area contributed by atoms with Crippen LogP contribution in [0.3, 0.4) is 0 Å². The molecule has 1 heterocycles. The van der Waals surface area contributed by atoms with Gasteiger partial charge in [-0.15, -0.1) is 11.8 Å². The average molecular weight is 240 g/mol. The Hall–Kier alpha value is -0.940. The van der Waals surface area contributed by atoms with Crippen LogP contribution < -0.4 is 4.90 Å². The van der Waals surface area contributed by atoms with Crippen molar-refractivity contribution in [1.29, 1.82) is 0 Å². The molecule has 0 aliphatic carbocycles. The maximum absolute atomic E-state index is 9.39. The number of hydrogen-bond acceptors (Lipinski definition) is 5. The summed E-state index contributed by atoms with van der Waals surface area (Å²) < 4.78 is 0.189. The van der Waals surface area contributed by atoms with Crippen LogP contribution in [-0.4, -0.2) is 14.9 Å². The summed E-state index contributed by atoms with van der Waals surface area (Å²) in [4.78, 5) is 1.99. The van der Waals surface area contributed by atoms with Crippen molar-refractivity contribution < 1.29 is 10.2 Å². The van der Waals surface area contributed by atoms with Gasteiger partial charge in [0.15, 0.2) is 11.5 Å². The molecule has 1 atom stereocenters. The standard InChI is InChI=1S/C10H10NO2S2/c1-14-10-11(4-5-15-10)7-2-3-8(12)9(13)6-7/h2-6,10,12-13H,1H2. The maximum atomic E-state index is 9.39. The van der Waals surface area contributed by atoms with E-state index in [1.165, 1.54) is 23.9 Å². The summed E-state index contributed by atoms with van der Waals surface area (Å²) >= 11 is 3.13. The number of phenols is 2. The Morgan fingerprint density at radius 2 is 2.13 bits per heavy atom. The van der Waals surface area contributed by atoms with Gasteiger partial charge in [-0.2, -0.15) is 0 Å². The third-order valence-electron chi connectivity index (χ3n) is 2.04. The lowest BCUT2D eigenvalue weighted by atomic mass is 10.2. The van der Waals surface area contributed by atoms with Crippen molar-refractivity contribution in [2.75, 3.05) is 4.90 Å². The number of nitrogens with zero attached hydrogens (tertiary/aromatic N) is 1. The second kappa shape index (κ2) is 4.28. The van der Waals surface area contributed by atoms with Crippen LogP contribution in [0.2, 0.25) is 0 Å². The van der Waals surface area contributed by atoms with E-state index in [2.05, 4.69) is 6.26 Å². The van der Waals surface area contributed by atoms with Gasteiger partial charge in [0.2, 0.25) is 0 Å². The number of thioether (sulfide) groups is 2. The molecule has 0 saturated carbocycles. The molecule has 3 nitrogen and oxygen atoms in total. The molecule has 2 rings (SSSR count). The number of phenolic OH excluding ortho intramolecular Hbond substituents is 2. The Morgan fingerprint density at radius 1 is 1.33 bits per heavy atom. The third-order valence-corrected chi connectivity index (χ3v) is 4.04. The van der Waals surface area contributed by atoms with Gasteiger partial charge in [0.05, 0.1) is 0 Å². The lowest BCUT2D eigenvalue weighted by molar-refractivity contribution is 0.404. The van der Waals surface area contributed by atoms with Gasteiger partial charge in [0.1, 0.15) is 4.71 Å². The highest BCUT2D eigenvalue weighted by atomic mass is 32.2. The van der Waals surface area contributed by atoms with E-state index in [1.807, 2.05) is 16.5 Å². The molecule has 1 radical (unpaired) electrons. The minimum Gasteiger partial charge on any atom is -0.504 e. The summed E-state index contributed by atoms with van der Waals surface area (Å²) in [5.41, 5.74) is 0.840. The summed E-state index contributed by atoms with van der Waals surface area (Å²) in [6, 6.07) is 4.77. The molecule has 0 bridgehead atoms. The summed E-state index contributed by atoms with van der Waals surface area (Å²) in [6.07, 6.45) is 5.72. The second-order valence-corrected chi connectivity index (χ2v) is 5.04. The number of hydrogen-bond donors (Lipinski definition) is 2. The van der Waals surface area contributed by atoms with Gasteiger partial charge in [0, 0.05) is 24.2 Å². The molecule has 1 aliphatic heterocycles. The second-order valence-electron chi connectivity index (χ2n) is 2.98. The normalized spacial score (nSPS) is 19.8. The van der Waals surface area contributed by atoms with E-state index < -0.39 is 0 Å². The lowest BCUT2D eigenvalue weighted by Crippen LogP contribution is -2.19. The Labute approximate surface area is 96.8 Å². The molecule has 1 unspecified atom stereocenters. The molecule has 2 N–H and O–H groups in total. The van der Waals surface area contributed by atoms with E-state index in [0.29, 0.717) is 0 Å². The summed E-state index contributed by atoms with van der Waals surface area (Å²) in [5, 5.41) is 20.6. The number of aromatic hydroxyl groups is 2. The van der Waals surface area contributed by atoms with Crippen LogP contribution in [0.4, 0.5) is 5.69 Å². The van der Waals surface area contributed by atoms with Crippen molar-refractivity contribution in [3.63, 3.8) is 0 Å². The monoisotopic (exact) mass is 240 g/mol. The van der Waals surface area contributed by atoms with Crippen LogP contribution >= 0.6 is 23.5 Å². The van der Waals surface area contributed by atoms with Crippen LogP contribution in [0, 0.1) is 6.26 Å². The predicted octanol–water partition coefficient (Wildman–Crippen LogP) is 2.93. The van der Waals surface area contributed by atoms with E-state index in [9.17, 15) is 10.2 Å². The first-order valence-electron chi connectivity index (χ1n) is 4.25. The Morgan fingerprint density at radius 3 is 2.80 bits per heavy atom. The minimum atomic E-state index is -0.106. The first-order chi connectivity index (χ1) is 7.22. The van der Waals surface area contributed by atoms with Gasteiger partial charge in [-0.05, 0) is 17.5 Å². The van der Waals surface area contributed by atoms with Crippen LogP contribution in [0.15, 0.2) is 29.8 Å². The zero-order valence-electron chi connectivity index (χ0n) is 7.83. The quantitative estimate of drug-likeness (QED) is 0.778. The molecule has 15 heavy (non-hydrogen) atoms. The van der Waals surface area contributed by atoms with Gasteiger partial charge in [-0.25, -0.2) is 0 Å². The molecule has 1 aliphatic rings.